The second-order valence-electron chi connectivity index (χ2n) is 6.02. The lowest BCUT2D eigenvalue weighted by atomic mass is 10.0. The van der Waals surface area contributed by atoms with E-state index in [0.29, 0.717) is 11.5 Å². The number of nitrogens with zero attached hydrogens (tertiary/aromatic N) is 2. The molecule has 0 spiro atoms. The molecule has 2 N–H and O–H groups in total. The molecule has 0 fully saturated rings. The Morgan fingerprint density at radius 2 is 2.05 bits per heavy atom. The first-order valence-electron chi connectivity index (χ1n) is 7.57. The molecule has 1 aromatic heterocycles. The van der Waals surface area contributed by atoms with Crippen LogP contribution in [0, 0.1) is 5.92 Å². The Morgan fingerprint density at radius 1 is 1.33 bits per heavy atom. The van der Waals surface area contributed by atoms with E-state index >= 15 is 0 Å². The third kappa shape index (κ3) is 6.58. The minimum absolute atomic E-state index is 0.0574. The Kier molecular flexibility index (Phi) is 7.15. The van der Waals surface area contributed by atoms with Crippen LogP contribution in [0.3, 0.4) is 0 Å². The minimum Gasteiger partial charge on any atom is -0.370 e. The molecule has 0 aromatic carbocycles. The van der Waals surface area contributed by atoms with Gasteiger partial charge in [0.2, 0.25) is 0 Å². The van der Waals surface area contributed by atoms with Crippen molar-refractivity contribution in [2.45, 2.75) is 33.2 Å². The van der Waals surface area contributed by atoms with Crippen molar-refractivity contribution in [3.05, 3.63) is 23.9 Å². The first kappa shape index (κ1) is 17.4. The molecule has 1 atom stereocenters. The van der Waals surface area contributed by atoms with Crippen molar-refractivity contribution in [1.82, 2.24) is 15.2 Å². The predicted molar refractivity (Wildman–Crippen MR) is 87.7 cm³/mol. The number of likely N-dealkylation sites (N-methyl/N-ethyl adjacent to an activating group) is 1. The van der Waals surface area contributed by atoms with Gasteiger partial charge in [0.15, 0.2) is 0 Å². The Bertz CT molecular complexity index is 418. The molecule has 0 aliphatic rings. The average molecular weight is 292 g/mol. The molecule has 1 unspecified atom stereocenters. The van der Waals surface area contributed by atoms with E-state index in [1.54, 1.807) is 6.20 Å². The molecule has 21 heavy (non-hydrogen) atoms. The Morgan fingerprint density at radius 3 is 2.52 bits per heavy atom. The van der Waals surface area contributed by atoms with Gasteiger partial charge < -0.3 is 15.5 Å². The highest BCUT2D eigenvalue weighted by molar-refractivity contribution is 5.94. The highest BCUT2D eigenvalue weighted by Crippen LogP contribution is 2.08. The van der Waals surface area contributed by atoms with Crippen molar-refractivity contribution in [3.63, 3.8) is 0 Å². The number of hydrogen-bond donors (Lipinski definition) is 2. The average Bonchev–Trinajstić information content (AvgIpc) is 2.38. The maximum absolute atomic E-state index is 12.3. The molecule has 1 heterocycles. The smallest absolute Gasteiger partial charge is 0.253 e. The van der Waals surface area contributed by atoms with Crippen molar-refractivity contribution in [2.75, 3.05) is 32.5 Å². The van der Waals surface area contributed by atoms with Crippen LogP contribution in [0.2, 0.25) is 0 Å². The van der Waals surface area contributed by atoms with E-state index < -0.39 is 0 Å². The molecular formula is C16H28N4O. The van der Waals surface area contributed by atoms with Gasteiger partial charge in [0.05, 0.1) is 5.56 Å². The molecule has 0 saturated carbocycles. The summed E-state index contributed by atoms with van der Waals surface area (Å²) in [6, 6.07) is 3.80. The van der Waals surface area contributed by atoms with Crippen LogP contribution in [0.25, 0.3) is 0 Å². The lowest BCUT2D eigenvalue weighted by molar-refractivity contribution is 0.0924. The van der Waals surface area contributed by atoms with Gasteiger partial charge in [-0.1, -0.05) is 13.8 Å². The topological polar surface area (TPSA) is 57.3 Å². The molecule has 1 aromatic rings. The fraction of sp³-hybridized carbons (Fsp3) is 0.625. The van der Waals surface area contributed by atoms with Crippen molar-refractivity contribution in [3.8, 4) is 0 Å². The summed E-state index contributed by atoms with van der Waals surface area (Å²) >= 11 is 0. The molecule has 5 nitrogen and oxygen atoms in total. The van der Waals surface area contributed by atoms with Gasteiger partial charge in [-0.25, -0.2) is 4.98 Å². The van der Waals surface area contributed by atoms with Crippen LogP contribution in [0.15, 0.2) is 18.3 Å². The maximum Gasteiger partial charge on any atom is 0.253 e. The highest BCUT2D eigenvalue weighted by atomic mass is 16.1. The zero-order chi connectivity index (χ0) is 15.8. The number of rotatable bonds is 8. The predicted octanol–water partition coefficient (Wildman–Crippen LogP) is 2.22. The highest BCUT2D eigenvalue weighted by Gasteiger charge is 2.16. The van der Waals surface area contributed by atoms with E-state index in [1.165, 1.54) is 0 Å². The van der Waals surface area contributed by atoms with E-state index in [2.05, 4.69) is 34.4 Å². The lowest BCUT2D eigenvalue weighted by Crippen LogP contribution is -2.42. The summed E-state index contributed by atoms with van der Waals surface area (Å²) in [5.41, 5.74) is 0.601. The van der Waals surface area contributed by atoms with Gasteiger partial charge >= 0.3 is 0 Å². The van der Waals surface area contributed by atoms with Gasteiger partial charge in [-0.05, 0) is 45.5 Å². The molecule has 0 saturated heterocycles. The first-order chi connectivity index (χ1) is 9.92. The normalized spacial score (nSPS) is 12.5. The zero-order valence-electron chi connectivity index (χ0n) is 13.8. The number of hydrogen-bond acceptors (Lipinski definition) is 4. The maximum atomic E-state index is 12.3. The van der Waals surface area contributed by atoms with Gasteiger partial charge in [0.25, 0.3) is 5.91 Å². The summed E-state index contributed by atoms with van der Waals surface area (Å²) in [6.07, 6.45) is 2.59. The fourth-order valence-electron chi connectivity index (χ4n) is 2.27. The number of anilines is 1. The Balaban J connectivity index is 2.67. The summed E-state index contributed by atoms with van der Waals surface area (Å²) in [7, 11) is 4.04. The minimum atomic E-state index is -0.0574. The van der Waals surface area contributed by atoms with Crippen LogP contribution >= 0.6 is 0 Å². The van der Waals surface area contributed by atoms with E-state index in [0.717, 1.165) is 25.3 Å². The first-order valence-corrected chi connectivity index (χ1v) is 7.57. The third-order valence-corrected chi connectivity index (χ3v) is 3.06. The van der Waals surface area contributed by atoms with Crippen LogP contribution in [0.4, 0.5) is 5.82 Å². The number of pyridine rings is 1. The number of aromatic nitrogens is 1. The zero-order valence-corrected chi connectivity index (χ0v) is 13.8. The molecule has 118 valence electrons. The van der Waals surface area contributed by atoms with Crippen molar-refractivity contribution < 1.29 is 4.79 Å². The summed E-state index contributed by atoms with van der Waals surface area (Å²) in [6.45, 7) is 8.01. The van der Waals surface area contributed by atoms with Gasteiger partial charge in [-0.2, -0.15) is 0 Å². The number of carbonyl (C=O) groups excluding carboxylic acids is 1. The van der Waals surface area contributed by atoms with Crippen molar-refractivity contribution >= 4 is 11.7 Å². The molecule has 1 rings (SSSR count). The second-order valence-corrected chi connectivity index (χ2v) is 6.02. The van der Waals surface area contributed by atoms with Crippen molar-refractivity contribution in [1.29, 1.82) is 0 Å². The third-order valence-electron chi connectivity index (χ3n) is 3.06. The van der Waals surface area contributed by atoms with E-state index in [4.69, 9.17) is 0 Å². The van der Waals surface area contributed by atoms with Gasteiger partial charge in [-0.15, -0.1) is 0 Å². The van der Waals surface area contributed by atoms with Crippen LogP contribution in [0.1, 0.15) is 37.6 Å². The lowest BCUT2D eigenvalue weighted by Gasteiger charge is -2.24. The second kappa shape index (κ2) is 8.62. The van der Waals surface area contributed by atoms with Crippen LogP contribution in [-0.2, 0) is 0 Å². The molecule has 5 heteroatoms. The fourth-order valence-corrected chi connectivity index (χ4v) is 2.27. The van der Waals surface area contributed by atoms with Gasteiger partial charge in [0, 0.05) is 25.3 Å². The number of carbonyl (C=O) groups is 1. The van der Waals surface area contributed by atoms with Crippen LogP contribution in [0.5, 0.6) is 0 Å². The molecule has 0 aliphatic heterocycles. The Labute approximate surface area is 128 Å². The van der Waals surface area contributed by atoms with Gasteiger partial charge in [0.1, 0.15) is 5.82 Å². The quantitative estimate of drug-likeness (QED) is 0.771. The summed E-state index contributed by atoms with van der Waals surface area (Å²) in [5, 5.41) is 6.22. The van der Waals surface area contributed by atoms with Gasteiger partial charge in [-0.3, -0.25) is 4.79 Å². The number of amides is 1. The summed E-state index contributed by atoms with van der Waals surface area (Å²) < 4.78 is 0. The standard InChI is InChI=1S/C16H28N4O/c1-6-17-15-8-7-13(10-18-15)16(21)19-14(9-12(2)3)11-20(4)5/h7-8,10,12,14H,6,9,11H2,1-5H3,(H,17,18)(H,19,21). The SMILES string of the molecule is CCNc1ccc(C(=O)NC(CC(C)C)CN(C)C)cn1. The molecular weight excluding hydrogens is 264 g/mol. The summed E-state index contributed by atoms with van der Waals surface area (Å²) in [5.74, 6) is 1.28. The monoisotopic (exact) mass is 292 g/mol. The van der Waals surface area contributed by atoms with Crippen LogP contribution < -0.4 is 10.6 Å². The molecule has 1 amide bonds. The molecule has 0 bridgehead atoms. The van der Waals surface area contributed by atoms with Crippen molar-refractivity contribution in [2.24, 2.45) is 5.92 Å². The van der Waals surface area contributed by atoms with Crippen LogP contribution in [-0.4, -0.2) is 49.0 Å². The largest absolute Gasteiger partial charge is 0.370 e. The molecule has 0 radical (unpaired) electrons. The van der Waals surface area contributed by atoms with E-state index in [9.17, 15) is 4.79 Å². The van der Waals surface area contributed by atoms with E-state index in [1.807, 2.05) is 33.2 Å². The Hall–Kier alpha value is -1.62. The molecule has 0 aliphatic carbocycles. The van der Waals surface area contributed by atoms with E-state index in [-0.39, 0.29) is 11.9 Å². The number of nitrogens with one attached hydrogen (secondary N) is 2. The summed E-state index contributed by atoms with van der Waals surface area (Å²) in [4.78, 5) is 18.6.